The Morgan fingerprint density at radius 1 is 0.377 bits per heavy atom. The Hall–Kier alpha value is -5.64. The Kier molecular flexibility index (Phi) is 13.6. The molecule has 61 heavy (non-hydrogen) atoms. The number of benzene rings is 4. The van der Waals surface area contributed by atoms with Crippen molar-refractivity contribution in [2.45, 2.75) is 52.5 Å². The maximum Gasteiger partial charge on any atom is 0.203 e. The summed E-state index contributed by atoms with van der Waals surface area (Å²) in [7, 11) is 15.2. The Labute approximate surface area is 357 Å². The van der Waals surface area contributed by atoms with Gasteiger partial charge in [0.1, 0.15) is 0 Å². The molecule has 0 spiro atoms. The summed E-state index contributed by atoms with van der Waals surface area (Å²) >= 11 is 0. The number of hydrogen-bond donors (Lipinski definition) is 2. The summed E-state index contributed by atoms with van der Waals surface area (Å²) in [5.74, 6) is 2.61. The van der Waals surface area contributed by atoms with Gasteiger partial charge in [-0.1, -0.05) is 27.7 Å². The highest BCUT2D eigenvalue weighted by Gasteiger charge is 2.48. The minimum absolute atomic E-state index is 0.0847. The molecule has 8 unspecified atom stereocenters. The quantitative estimate of drug-likeness (QED) is 0.110. The number of methoxy groups -OCH3 is 10. The van der Waals surface area contributed by atoms with Crippen LogP contribution in [0.25, 0.3) is 22.3 Å². The summed E-state index contributed by atoms with van der Waals surface area (Å²) in [6.07, 6.45) is -2.44. The standard InChI is InChI=1S/C46H58O15/c1-21-23(3)45(59-39(21)27-19-33(53-9)41(55-11)43(57-13)35(27)25-15-29(49-5)37(47)30(16-25)50-6)61-46-24(4)22(2)40(60-46)28-20-34(54-10)42(56-12)44(58-14)36(28)26-17-31(51-7)38(48)32(18-26)52-8/h15-24,39-40,45-48H,1-14H3. The maximum atomic E-state index is 10.8. The predicted molar refractivity (Wildman–Crippen MR) is 226 cm³/mol. The molecule has 0 saturated carbocycles. The smallest absolute Gasteiger partial charge is 0.203 e. The molecule has 4 aromatic carbocycles. The van der Waals surface area contributed by atoms with E-state index in [0.717, 1.165) is 11.1 Å². The van der Waals surface area contributed by atoms with Crippen LogP contribution in [0.2, 0.25) is 0 Å². The molecule has 15 heteroatoms. The van der Waals surface area contributed by atoms with Gasteiger partial charge in [0.25, 0.3) is 0 Å². The fourth-order valence-corrected chi connectivity index (χ4v) is 8.46. The second kappa shape index (κ2) is 18.5. The minimum atomic E-state index is -0.695. The van der Waals surface area contributed by atoms with E-state index in [1.165, 1.54) is 28.4 Å². The van der Waals surface area contributed by atoms with Gasteiger partial charge >= 0.3 is 0 Å². The molecule has 0 bridgehead atoms. The van der Waals surface area contributed by atoms with E-state index in [1.54, 1.807) is 66.9 Å². The highest BCUT2D eigenvalue weighted by molar-refractivity contribution is 5.84. The van der Waals surface area contributed by atoms with Crippen molar-refractivity contribution in [3.63, 3.8) is 0 Å². The van der Waals surface area contributed by atoms with Crippen LogP contribution in [0.4, 0.5) is 0 Å². The van der Waals surface area contributed by atoms with Gasteiger partial charge in [-0.3, -0.25) is 0 Å². The summed E-state index contributed by atoms with van der Waals surface area (Å²) in [5, 5.41) is 21.6. The zero-order chi connectivity index (χ0) is 44.4. The normalized spacial score (nSPS) is 23.3. The maximum absolute atomic E-state index is 10.8. The van der Waals surface area contributed by atoms with Crippen molar-refractivity contribution in [1.82, 2.24) is 0 Å². The Balaban J connectivity index is 1.41. The van der Waals surface area contributed by atoms with E-state index >= 15 is 0 Å². The van der Waals surface area contributed by atoms with E-state index in [1.807, 2.05) is 12.1 Å². The van der Waals surface area contributed by atoms with Crippen molar-refractivity contribution in [2.24, 2.45) is 23.7 Å². The molecule has 4 aromatic rings. The van der Waals surface area contributed by atoms with Gasteiger partial charge in [-0.2, -0.15) is 0 Å². The zero-order valence-corrected chi connectivity index (χ0v) is 37.3. The first-order valence-corrected chi connectivity index (χ1v) is 19.8. The van der Waals surface area contributed by atoms with Crippen LogP contribution in [0.3, 0.4) is 0 Å². The third-order valence-electron chi connectivity index (χ3n) is 12.2. The van der Waals surface area contributed by atoms with Crippen LogP contribution >= 0.6 is 0 Å². The van der Waals surface area contributed by atoms with Gasteiger partial charge in [-0.25, -0.2) is 0 Å². The van der Waals surface area contributed by atoms with Crippen molar-refractivity contribution in [3.8, 4) is 91.2 Å². The predicted octanol–water partition coefficient (Wildman–Crippen LogP) is 8.57. The van der Waals surface area contributed by atoms with Gasteiger partial charge in [0.15, 0.2) is 58.6 Å². The number of aromatic hydroxyl groups is 2. The lowest BCUT2D eigenvalue weighted by Crippen LogP contribution is -2.29. The molecule has 332 valence electrons. The number of hydrogen-bond acceptors (Lipinski definition) is 15. The van der Waals surface area contributed by atoms with Crippen molar-refractivity contribution in [1.29, 1.82) is 0 Å². The van der Waals surface area contributed by atoms with Crippen LogP contribution in [0.1, 0.15) is 51.0 Å². The topological polar surface area (TPSA) is 160 Å². The van der Waals surface area contributed by atoms with Crippen LogP contribution in [0.15, 0.2) is 36.4 Å². The molecule has 8 atom stereocenters. The number of rotatable bonds is 16. The number of ether oxygens (including phenoxy) is 13. The third-order valence-corrected chi connectivity index (χ3v) is 12.2. The fraction of sp³-hybridized carbons (Fsp3) is 0.478. The van der Waals surface area contributed by atoms with Gasteiger partial charge < -0.3 is 71.8 Å². The molecule has 2 heterocycles. The van der Waals surface area contributed by atoms with Gasteiger partial charge in [-0.15, -0.1) is 0 Å². The van der Waals surface area contributed by atoms with E-state index in [0.29, 0.717) is 56.8 Å². The highest BCUT2D eigenvalue weighted by atomic mass is 16.8. The molecule has 2 saturated heterocycles. The van der Waals surface area contributed by atoms with Gasteiger partial charge in [0, 0.05) is 23.0 Å². The summed E-state index contributed by atoms with van der Waals surface area (Å²) in [6, 6.07) is 10.6. The minimum Gasteiger partial charge on any atom is -0.502 e. The largest absolute Gasteiger partial charge is 0.502 e. The van der Waals surface area contributed by atoms with E-state index in [4.69, 9.17) is 61.6 Å². The monoisotopic (exact) mass is 850 g/mol. The SMILES string of the molecule is COc1cc(-c2c(C3OC(OC4OC(c5cc(OC)c(OC)c(OC)c5-c5cc(OC)c(O)c(OC)c5)C(C)C4C)C(C)C3C)cc(OC)c(OC)c2OC)cc(OC)c1O. The number of phenols is 2. The molecular formula is C46H58O15. The van der Waals surface area contributed by atoms with Crippen molar-refractivity contribution >= 4 is 0 Å². The summed E-state index contributed by atoms with van der Waals surface area (Å²) in [6.45, 7) is 8.39. The van der Waals surface area contributed by atoms with Crippen molar-refractivity contribution < 1.29 is 71.8 Å². The fourth-order valence-electron chi connectivity index (χ4n) is 8.46. The van der Waals surface area contributed by atoms with Crippen LogP contribution in [0, 0.1) is 23.7 Å². The Bertz CT molecular complexity index is 2000. The van der Waals surface area contributed by atoms with Gasteiger partial charge in [-0.05, 0) is 70.5 Å². The molecule has 0 radical (unpaired) electrons. The third kappa shape index (κ3) is 7.78. The van der Waals surface area contributed by atoms with Gasteiger partial charge in [0.05, 0.1) is 83.3 Å². The summed E-state index contributed by atoms with van der Waals surface area (Å²) < 4.78 is 78.2. The lowest BCUT2D eigenvalue weighted by Gasteiger charge is -2.26. The molecule has 15 nitrogen and oxygen atoms in total. The van der Waals surface area contributed by atoms with Crippen molar-refractivity contribution in [3.05, 3.63) is 47.5 Å². The van der Waals surface area contributed by atoms with Crippen LogP contribution in [0.5, 0.6) is 69.0 Å². The van der Waals surface area contributed by atoms with E-state index in [9.17, 15) is 10.2 Å². The molecule has 2 aliphatic rings. The average molecular weight is 851 g/mol. The Morgan fingerprint density at radius 2 is 0.672 bits per heavy atom. The van der Waals surface area contributed by atoms with Gasteiger partial charge in [0.2, 0.25) is 23.0 Å². The summed E-state index contributed by atoms with van der Waals surface area (Å²) in [5.41, 5.74) is 4.01. The number of phenolic OH excluding ortho intramolecular Hbond substituents is 2. The average Bonchev–Trinajstić information content (AvgIpc) is 3.72. The molecule has 0 aromatic heterocycles. The molecule has 0 aliphatic carbocycles. The van der Waals surface area contributed by atoms with E-state index in [-0.39, 0.29) is 58.2 Å². The lowest BCUT2D eigenvalue weighted by atomic mass is 9.85. The van der Waals surface area contributed by atoms with E-state index < -0.39 is 24.8 Å². The lowest BCUT2D eigenvalue weighted by molar-refractivity contribution is -0.252. The van der Waals surface area contributed by atoms with Crippen LogP contribution < -0.4 is 47.4 Å². The zero-order valence-electron chi connectivity index (χ0n) is 37.3. The molecule has 2 fully saturated rings. The molecule has 0 amide bonds. The molecule has 6 rings (SSSR count). The molecular weight excluding hydrogens is 792 g/mol. The highest BCUT2D eigenvalue weighted by Crippen LogP contribution is 2.57. The Morgan fingerprint density at radius 3 is 0.934 bits per heavy atom. The second-order valence-corrected chi connectivity index (χ2v) is 15.1. The molecule has 2 N–H and O–H groups in total. The van der Waals surface area contributed by atoms with E-state index in [2.05, 4.69) is 27.7 Å². The van der Waals surface area contributed by atoms with Crippen molar-refractivity contribution in [2.75, 3.05) is 71.1 Å². The summed E-state index contributed by atoms with van der Waals surface area (Å²) in [4.78, 5) is 0. The first-order valence-electron chi connectivity index (χ1n) is 19.8. The molecule has 2 aliphatic heterocycles. The van der Waals surface area contributed by atoms with Crippen LogP contribution in [-0.2, 0) is 14.2 Å². The second-order valence-electron chi connectivity index (χ2n) is 15.1. The first kappa shape index (κ1) is 44.9. The van der Waals surface area contributed by atoms with Crippen LogP contribution in [-0.4, -0.2) is 93.9 Å². The first-order chi connectivity index (χ1) is 29.3.